The number of halogens is 1. The smallest absolute Gasteiger partial charge is 0.313 e. The Labute approximate surface area is 137 Å². The SMILES string of the molecule is CCOC(=O)CC(=O)c1c(Br)ncn1-c1ccc(C)cc1C. The minimum Gasteiger partial charge on any atom is -0.466 e. The van der Waals surface area contributed by atoms with Crippen molar-refractivity contribution in [2.45, 2.75) is 27.2 Å². The van der Waals surface area contributed by atoms with Crippen molar-refractivity contribution in [3.63, 3.8) is 0 Å². The Hall–Kier alpha value is -1.95. The van der Waals surface area contributed by atoms with Crippen LogP contribution in [0.5, 0.6) is 0 Å². The van der Waals surface area contributed by atoms with E-state index in [0.717, 1.165) is 16.8 Å². The van der Waals surface area contributed by atoms with Gasteiger partial charge in [0, 0.05) is 0 Å². The molecule has 0 saturated heterocycles. The van der Waals surface area contributed by atoms with E-state index in [4.69, 9.17) is 4.74 Å². The van der Waals surface area contributed by atoms with Crippen LogP contribution in [0.2, 0.25) is 0 Å². The van der Waals surface area contributed by atoms with E-state index in [-0.39, 0.29) is 18.8 Å². The number of carbonyl (C=O) groups excluding carboxylic acids is 2. The lowest BCUT2D eigenvalue weighted by Gasteiger charge is -2.11. The molecule has 0 amide bonds. The topological polar surface area (TPSA) is 61.2 Å². The summed E-state index contributed by atoms with van der Waals surface area (Å²) in [4.78, 5) is 28.1. The van der Waals surface area contributed by atoms with Crippen LogP contribution < -0.4 is 0 Å². The number of aromatic nitrogens is 2. The molecule has 1 aromatic heterocycles. The Morgan fingerprint density at radius 2 is 2.05 bits per heavy atom. The number of Topliss-reactive ketones (excluding diaryl/α,β-unsaturated/α-hetero) is 1. The summed E-state index contributed by atoms with van der Waals surface area (Å²) < 4.78 is 6.94. The molecule has 0 aliphatic heterocycles. The van der Waals surface area contributed by atoms with E-state index in [2.05, 4.69) is 20.9 Å². The van der Waals surface area contributed by atoms with Gasteiger partial charge in [-0.15, -0.1) is 0 Å². The molecule has 1 heterocycles. The number of ketones is 1. The lowest BCUT2D eigenvalue weighted by Crippen LogP contribution is -2.15. The standard InChI is InChI=1S/C16H17BrN2O3/c1-4-22-14(21)8-13(20)15-16(17)18-9-19(15)12-6-5-10(2)7-11(12)3/h5-7,9H,4,8H2,1-3H3. The van der Waals surface area contributed by atoms with Crippen LogP contribution in [0.25, 0.3) is 5.69 Å². The highest BCUT2D eigenvalue weighted by Crippen LogP contribution is 2.23. The Balaban J connectivity index is 2.39. The molecule has 22 heavy (non-hydrogen) atoms. The molecule has 0 bridgehead atoms. The molecule has 0 fully saturated rings. The molecule has 0 unspecified atom stereocenters. The van der Waals surface area contributed by atoms with Crippen molar-refractivity contribution in [1.29, 1.82) is 0 Å². The van der Waals surface area contributed by atoms with Crippen molar-refractivity contribution in [2.24, 2.45) is 0 Å². The number of nitrogens with zero attached hydrogens (tertiary/aromatic N) is 2. The number of ether oxygens (including phenoxy) is 1. The second kappa shape index (κ2) is 6.87. The maximum atomic E-state index is 12.4. The zero-order valence-electron chi connectivity index (χ0n) is 12.7. The first kappa shape index (κ1) is 16.4. The summed E-state index contributed by atoms with van der Waals surface area (Å²) in [5, 5.41) is 0. The van der Waals surface area contributed by atoms with E-state index < -0.39 is 5.97 Å². The van der Waals surface area contributed by atoms with Gasteiger partial charge in [0.1, 0.15) is 23.0 Å². The largest absolute Gasteiger partial charge is 0.466 e. The monoisotopic (exact) mass is 364 g/mol. The average molecular weight is 365 g/mol. The summed E-state index contributed by atoms with van der Waals surface area (Å²) in [5.74, 6) is -0.865. The van der Waals surface area contributed by atoms with Gasteiger partial charge in [0.15, 0.2) is 5.78 Å². The molecule has 116 valence electrons. The fourth-order valence-corrected chi connectivity index (χ4v) is 2.76. The van der Waals surface area contributed by atoms with Crippen LogP contribution in [0, 0.1) is 13.8 Å². The predicted octanol–water partition coefficient (Wildman–Crippen LogP) is 3.39. The second-order valence-electron chi connectivity index (χ2n) is 4.95. The van der Waals surface area contributed by atoms with E-state index in [1.54, 1.807) is 17.8 Å². The van der Waals surface area contributed by atoms with E-state index in [0.29, 0.717) is 10.3 Å². The fourth-order valence-electron chi connectivity index (χ4n) is 2.26. The van der Waals surface area contributed by atoms with Crippen LogP contribution in [0.15, 0.2) is 29.1 Å². The number of aryl methyl sites for hydroxylation is 2. The van der Waals surface area contributed by atoms with Crippen LogP contribution in [0.1, 0.15) is 35.0 Å². The van der Waals surface area contributed by atoms with Gasteiger partial charge in [-0.3, -0.25) is 14.2 Å². The summed E-state index contributed by atoms with van der Waals surface area (Å²) in [6.45, 7) is 5.94. The minimum absolute atomic E-state index is 0.254. The van der Waals surface area contributed by atoms with Gasteiger partial charge in [-0.1, -0.05) is 17.7 Å². The number of rotatable bonds is 5. The maximum absolute atomic E-state index is 12.4. The Morgan fingerprint density at radius 1 is 1.32 bits per heavy atom. The van der Waals surface area contributed by atoms with Gasteiger partial charge < -0.3 is 4.74 Å². The van der Waals surface area contributed by atoms with Crippen LogP contribution in [0.3, 0.4) is 0 Å². The molecule has 5 nitrogen and oxygen atoms in total. The summed E-state index contributed by atoms with van der Waals surface area (Å²) in [7, 11) is 0. The maximum Gasteiger partial charge on any atom is 0.313 e. The van der Waals surface area contributed by atoms with E-state index in [1.165, 1.54) is 0 Å². The third kappa shape index (κ3) is 3.44. The highest BCUT2D eigenvalue weighted by atomic mass is 79.9. The van der Waals surface area contributed by atoms with Gasteiger partial charge in [-0.05, 0) is 48.3 Å². The van der Waals surface area contributed by atoms with Gasteiger partial charge in [0.05, 0.1) is 12.3 Å². The van der Waals surface area contributed by atoms with Crippen molar-refractivity contribution in [2.75, 3.05) is 6.61 Å². The molecule has 2 rings (SSSR count). The molecule has 6 heteroatoms. The summed E-state index contributed by atoms with van der Waals surface area (Å²) in [5.41, 5.74) is 3.37. The highest BCUT2D eigenvalue weighted by molar-refractivity contribution is 9.10. The first-order valence-corrected chi connectivity index (χ1v) is 7.72. The van der Waals surface area contributed by atoms with Gasteiger partial charge in [-0.2, -0.15) is 0 Å². The molecule has 0 aliphatic carbocycles. The number of hydrogen-bond acceptors (Lipinski definition) is 4. The molecular formula is C16H17BrN2O3. The van der Waals surface area contributed by atoms with Crippen molar-refractivity contribution in [3.05, 3.63) is 46.0 Å². The molecular weight excluding hydrogens is 348 g/mol. The molecule has 0 radical (unpaired) electrons. The number of benzene rings is 1. The normalized spacial score (nSPS) is 10.5. The summed E-state index contributed by atoms with van der Waals surface area (Å²) in [6, 6.07) is 5.93. The van der Waals surface area contributed by atoms with Crippen molar-refractivity contribution < 1.29 is 14.3 Å². The third-order valence-corrected chi connectivity index (χ3v) is 3.79. The molecule has 0 atom stereocenters. The average Bonchev–Trinajstić information content (AvgIpc) is 2.80. The van der Waals surface area contributed by atoms with Crippen LogP contribution in [-0.2, 0) is 9.53 Å². The zero-order valence-corrected chi connectivity index (χ0v) is 14.3. The van der Waals surface area contributed by atoms with Gasteiger partial charge in [0.25, 0.3) is 0 Å². The number of imidazole rings is 1. The molecule has 0 saturated carbocycles. The highest BCUT2D eigenvalue weighted by Gasteiger charge is 2.22. The van der Waals surface area contributed by atoms with Gasteiger partial charge >= 0.3 is 5.97 Å². The third-order valence-electron chi connectivity index (χ3n) is 3.21. The second-order valence-corrected chi connectivity index (χ2v) is 5.70. The fraction of sp³-hybridized carbons (Fsp3) is 0.312. The van der Waals surface area contributed by atoms with E-state index in [1.807, 2.05) is 32.0 Å². The first-order chi connectivity index (χ1) is 10.4. The molecule has 0 aliphatic rings. The molecule has 0 N–H and O–H groups in total. The van der Waals surface area contributed by atoms with E-state index >= 15 is 0 Å². The Bertz CT molecular complexity index is 722. The van der Waals surface area contributed by atoms with Crippen molar-refractivity contribution in [1.82, 2.24) is 9.55 Å². The molecule has 1 aromatic carbocycles. The Kier molecular flexibility index (Phi) is 5.13. The lowest BCUT2D eigenvalue weighted by atomic mass is 10.1. The molecule has 2 aromatic rings. The number of esters is 1. The summed E-state index contributed by atoms with van der Waals surface area (Å²) >= 11 is 3.28. The Morgan fingerprint density at radius 3 is 2.68 bits per heavy atom. The van der Waals surface area contributed by atoms with Crippen LogP contribution in [0.4, 0.5) is 0 Å². The lowest BCUT2D eigenvalue weighted by molar-refractivity contribution is -0.141. The van der Waals surface area contributed by atoms with Crippen LogP contribution >= 0.6 is 15.9 Å². The van der Waals surface area contributed by atoms with Crippen molar-refractivity contribution in [3.8, 4) is 5.69 Å². The molecule has 0 spiro atoms. The van der Waals surface area contributed by atoms with Crippen LogP contribution in [-0.4, -0.2) is 27.9 Å². The van der Waals surface area contributed by atoms with Crippen molar-refractivity contribution >= 4 is 27.7 Å². The number of hydrogen-bond donors (Lipinski definition) is 0. The van der Waals surface area contributed by atoms with Gasteiger partial charge in [-0.25, -0.2) is 4.98 Å². The first-order valence-electron chi connectivity index (χ1n) is 6.93. The van der Waals surface area contributed by atoms with Gasteiger partial charge in [0.2, 0.25) is 0 Å². The zero-order chi connectivity index (χ0) is 16.3. The van der Waals surface area contributed by atoms with E-state index in [9.17, 15) is 9.59 Å². The minimum atomic E-state index is -0.534. The summed E-state index contributed by atoms with van der Waals surface area (Å²) in [6.07, 6.45) is 1.27. The quantitative estimate of drug-likeness (QED) is 0.463. The number of carbonyl (C=O) groups is 2. The predicted molar refractivity (Wildman–Crippen MR) is 86.3 cm³/mol.